The number of fused-ring (bicyclic) bond motifs is 2. The highest BCUT2D eigenvalue weighted by Gasteiger charge is 2.19. The first kappa shape index (κ1) is 16.9. The van der Waals surface area contributed by atoms with Crippen LogP contribution in [0.15, 0.2) is 42.5 Å². The minimum absolute atomic E-state index is 0.0738. The van der Waals surface area contributed by atoms with Crippen molar-refractivity contribution in [2.45, 2.75) is 25.3 Å². The zero-order valence-electron chi connectivity index (χ0n) is 14.8. The van der Waals surface area contributed by atoms with E-state index in [-0.39, 0.29) is 11.9 Å². The summed E-state index contributed by atoms with van der Waals surface area (Å²) in [6, 6.07) is 14.5. The number of benzene rings is 2. The third-order valence-corrected chi connectivity index (χ3v) is 4.97. The van der Waals surface area contributed by atoms with Gasteiger partial charge in [0.05, 0.1) is 0 Å². The summed E-state index contributed by atoms with van der Waals surface area (Å²) in [7, 11) is 0. The number of amides is 1. The first-order valence-corrected chi connectivity index (χ1v) is 9.26. The molecule has 2 heterocycles. The number of hydrogen-bond acceptors (Lipinski definition) is 4. The smallest absolute Gasteiger partial charge is 0.220 e. The molecule has 1 unspecified atom stereocenters. The highest BCUT2D eigenvalue weighted by Crippen LogP contribution is 2.31. The third kappa shape index (κ3) is 3.83. The van der Waals surface area contributed by atoms with E-state index in [0.29, 0.717) is 32.6 Å². The van der Waals surface area contributed by atoms with Gasteiger partial charge in [-0.2, -0.15) is 0 Å². The van der Waals surface area contributed by atoms with E-state index >= 15 is 0 Å². The van der Waals surface area contributed by atoms with Gasteiger partial charge in [-0.1, -0.05) is 30.3 Å². The van der Waals surface area contributed by atoms with Crippen LogP contribution in [0.4, 0.5) is 0 Å². The topological polar surface area (TPSA) is 59.6 Å². The SMILES string of the molecule is O=C(CCc1ccc2c(c1)OCCO2)NCC1NCCc2ccccc21. The first-order chi connectivity index (χ1) is 12.8. The van der Waals surface area contributed by atoms with Crippen LogP contribution in [-0.4, -0.2) is 32.2 Å². The number of ether oxygens (including phenoxy) is 2. The maximum Gasteiger partial charge on any atom is 0.220 e. The van der Waals surface area contributed by atoms with Gasteiger partial charge in [0.15, 0.2) is 11.5 Å². The van der Waals surface area contributed by atoms with Crippen molar-refractivity contribution in [1.82, 2.24) is 10.6 Å². The van der Waals surface area contributed by atoms with Gasteiger partial charge in [-0.3, -0.25) is 4.79 Å². The predicted molar refractivity (Wildman–Crippen MR) is 99.7 cm³/mol. The molecule has 136 valence electrons. The Morgan fingerprint density at radius 2 is 1.96 bits per heavy atom. The Bertz CT molecular complexity index is 791. The van der Waals surface area contributed by atoms with Gasteiger partial charge in [0.25, 0.3) is 0 Å². The van der Waals surface area contributed by atoms with Crippen molar-refractivity contribution < 1.29 is 14.3 Å². The molecule has 2 N–H and O–H groups in total. The maximum atomic E-state index is 12.3. The lowest BCUT2D eigenvalue weighted by atomic mass is 9.94. The molecule has 0 radical (unpaired) electrons. The van der Waals surface area contributed by atoms with Gasteiger partial charge in [0, 0.05) is 19.0 Å². The molecular weight excluding hydrogens is 328 g/mol. The van der Waals surface area contributed by atoms with Crippen LogP contribution in [0, 0.1) is 0 Å². The van der Waals surface area contributed by atoms with Crippen molar-refractivity contribution in [3.05, 3.63) is 59.2 Å². The van der Waals surface area contributed by atoms with Crippen molar-refractivity contribution in [1.29, 1.82) is 0 Å². The Hall–Kier alpha value is -2.53. The van der Waals surface area contributed by atoms with Gasteiger partial charge < -0.3 is 20.1 Å². The van der Waals surface area contributed by atoms with Crippen molar-refractivity contribution in [3.8, 4) is 11.5 Å². The zero-order valence-corrected chi connectivity index (χ0v) is 14.8. The molecule has 0 aliphatic carbocycles. The molecule has 0 fully saturated rings. The molecule has 2 aliphatic heterocycles. The molecule has 26 heavy (non-hydrogen) atoms. The average Bonchev–Trinajstić information content (AvgIpc) is 2.70. The molecule has 4 rings (SSSR count). The van der Waals surface area contributed by atoms with Gasteiger partial charge in [-0.25, -0.2) is 0 Å². The van der Waals surface area contributed by atoms with Crippen LogP contribution >= 0.6 is 0 Å². The highest BCUT2D eigenvalue weighted by molar-refractivity contribution is 5.76. The summed E-state index contributed by atoms with van der Waals surface area (Å²) in [6.45, 7) is 2.74. The van der Waals surface area contributed by atoms with Crippen LogP contribution in [0.2, 0.25) is 0 Å². The van der Waals surface area contributed by atoms with Crippen LogP contribution in [-0.2, 0) is 17.6 Å². The van der Waals surface area contributed by atoms with E-state index < -0.39 is 0 Å². The molecule has 2 aliphatic rings. The molecule has 0 saturated heterocycles. The summed E-state index contributed by atoms with van der Waals surface area (Å²) >= 11 is 0. The number of aryl methyl sites for hydroxylation is 1. The second-order valence-electron chi connectivity index (χ2n) is 6.74. The van der Waals surface area contributed by atoms with Crippen molar-refractivity contribution >= 4 is 5.91 Å². The van der Waals surface area contributed by atoms with Crippen molar-refractivity contribution in [2.24, 2.45) is 0 Å². The lowest BCUT2D eigenvalue weighted by Crippen LogP contribution is -2.38. The Balaban J connectivity index is 1.29. The number of nitrogens with one attached hydrogen (secondary N) is 2. The van der Waals surface area contributed by atoms with Crippen molar-refractivity contribution in [2.75, 3.05) is 26.3 Å². The molecular formula is C21H24N2O3. The molecule has 1 atom stereocenters. The lowest BCUT2D eigenvalue weighted by Gasteiger charge is -2.27. The minimum Gasteiger partial charge on any atom is -0.486 e. The van der Waals surface area contributed by atoms with Crippen LogP contribution in [0.1, 0.15) is 29.2 Å². The largest absolute Gasteiger partial charge is 0.486 e. The highest BCUT2D eigenvalue weighted by atomic mass is 16.6. The van der Waals surface area contributed by atoms with Crippen LogP contribution in [0.5, 0.6) is 11.5 Å². The fraction of sp³-hybridized carbons (Fsp3) is 0.381. The van der Waals surface area contributed by atoms with Crippen molar-refractivity contribution in [3.63, 3.8) is 0 Å². The molecule has 0 saturated carbocycles. The fourth-order valence-corrected chi connectivity index (χ4v) is 3.58. The van der Waals surface area contributed by atoms with Crippen LogP contribution in [0.25, 0.3) is 0 Å². The fourth-order valence-electron chi connectivity index (χ4n) is 3.58. The number of rotatable bonds is 5. The number of carbonyl (C=O) groups excluding carboxylic acids is 1. The van der Waals surface area contributed by atoms with Gasteiger partial charge in [-0.15, -0.1) is 0 Å². The first-order valence-electron chi connectivity index (χ1n) is 9.26. The second-order valence-corrected chi connectivity index (χ2v) is 6.74. The molecule has 5 heteroatoms. The Labute approximate surface area is 153 Å². The second kappa shape index (κ2) is 7.79. The summed E-state index contributed by atoms with van der Waals surface area (Å²) < 4.78 is 11.1. The van der Waals surface area contributed by atoms with E-state index in [1.807, 2.05) is 18.2 Å². The summed E-state index contributed by atoms with van der Waals surface area (Å²) in [6.07, 6.45) is 2.20. The van der Waals surface area contributed by atoms with E-state index in [2.05, 4.69) is 34.9 Å². The minimum atomic E-state index is 0.0738. The zero-order chi connectivity index (χ0) is 17.8. The van der Waals surface area contributed by atoms with Crippen LogP contribution < -0.4 is 20.1 Å². The summed E-state index contributed by atoms with van der Waals surface area (Å²) in [5.74, 6) is 1.63. The van der Waals surface area contributed by atoms with E-state index in [1.54, 1.807) is 0 Å². The van der Waals surface area contributed by atoms with E-state index in [0.717, 1.165) is 30.0 Å². The van der Waals surface area contributed by atoms with Gasteiger partial charge in [0.2, 0.25) is 5.91 Å². The molecule has 0 aromatic heterocycles. The average molecular weight is 352 g/mol. The Kier molecular flexibility index (Phi) is 5.07. The predicted octanol–water partition coefficient (Wildman–Crippen LogP) is 2.39. The van der Waals surface area contributed by atoms with Gasteiger partial charge in [-0.05, 0) is 48.2 Å². The quantitative estimate of drug-likeness (QED) is 0.868. The number of hydrogen-bond donors (Lipinski definition) is 2. The standard InChI is InChI=1S/C21H24N2O3/c24-21(8-6-15-5-7-19-20(13-15)26-12-11-25-19)23-14-18-17-4-2-1-3-16(17)9-10-22-18/h1-5,7,13,18,22H,6,8-12,14H2,(H,23,24). The Morgan fingerprint density at radius 1 is 1.12 bits per heavy atom. The van der Waals surface area contributed by atoms with Gasteiger partial charge in [0.1, 0.15) is 13.2 Å². The molecule has 1 amide bonds. The monoisotopic (exact) mass is 352 g/mol. The molecule has 2 aromatic rings. The van der Waals surface area contributed by atoms with E-state index in [1.165, 1.54) is 11.1 Å². The molecule has 0 spiro atoms. The molecule has 2 aromatic carbocycles. The van der Waals surface area contributed by atoms with E-state index in [9.17, 15) is 4.79 Å². The normalized spacial score (nSPS) is 18.1. The van der Waals surface area contributed by atoms with E-state index in [4.69, 9.17) is 9.47 Å². The number of carbonyl (C=O) groups is 1. The molecule has 5 nitrogen and oxygen atoms in total. The summed E-state index contributed by atoms with van der Waals surface area (Å²) in [5, 5.41) is 6.56. The molecule has 0 bridgehead atoms. The van der Waals surface area contributed by atoms with Gasteiger partial charge >= 0.3 is 0 Å². The Morgan fingerprint density at radius 3 is 2.88 bits per heavy atom. The van der Waals surface area contributed by atoms with Crippen LogP contribution in [0.3, 0.4) is 0 Å². The maximum absolute atomic E-state index is 12.3. The lowest BCUT2D eigenvalue weighted by molar-refractivity contribution is -0.121. The third-order valence-electron chi connectivity index (χ3n) is 4.97. The summed E-state index contributed by atoms with van der Waals surface area (Å²) in [5.41, 5.74) is 3.76. The summed E-state index contributed by atoms with van der Waals surface area (Å²) in [4.78, 5) is 12.3.